The van der Waals surface area contributed by atoms with E-state index in [9.17, 15) is 14.4 Å². The van der Waals surface area contributed by atoms with Crippen LogP contribution in [-0.2, 0) is 17.8 Å². The molecule has 33 heavy (non-hydrogen) atoms. The molecule has 2 aliphatic rings. The van der Waals surface area contributed by atoms with Gasteiger partial charge in [-0.15, -0.1) is 11.3 Å². The number of likely N-dealkylation sites (N-methyl/N-ethyl adjacent to an activating group) is 1. The van der Waals surface area contributed by atoms with Crippen LogP contribution in [-0.4, -0.2) is 72.3 Å². The second kappa shape index (κ2) is 10.0. The van der Waals surface area contributed by atoms with Crippen molar-refractivity contribution in [3.8, 4) is 0 Å². The summed E-state index contributed by atoms with van der Waals surface area (Å²) in [5.74, 6) is -0.549. The summed E-state index contributed by atoms with van der Waals surface area (Å²) in [7, 11) is 5.55. The molecule has 0 bridgehead atoms. The van der Waals surface area contributed by atoms with Gasteiger partial charge in [0, 0.05) is 56.0 Å². The first-order valence-corrected chi connectivity index (χ1v) is 12.2. The summed E-state index contributed by atoms with van der Waals surface area (Å²) in [5.41, 5.74) is 1.58. The molecule has 0 radical (unpaired) electrons. The van der Waals surface area contributed by atoms with E-state index in [-0.39, 0.29) is 35.7 Å². The van der Waals surface area contributed by atoms with E-state index >= 15 is 0 Å². The van der Waals surface area contributed by atoms with Gasteiger partial charge in [-0.3, -0.25) is 14.4 Å². The molecule has 1 aliphatic carbocycles. The fourth-order valence-corrected chi connectivity index (χ4v) is 5.68. The van der Waals surface area contributed by atoms with Crippen molar-refractivity contribution in [1.29, 1.82) is 0 Å². The second-order valence-corrected chi connectivity index (χ2v) is 10.2. The average Bonchev–Trinajstić information content (AvgIpc) is 3.23. The van der Waals surface area contributed by atoms with Crippen molar-refractivity contribution in [2.45, 2.75) is 44.3 Å². The van der Waals surface area contributed by atoms with Crippen LogP contribution < -0.4 is 10.6 Å². The molecule has 2 heterocycles. The molecule has 0 saturated heterocycles. The lowest BCUT2D eigenvalue weighted by atomic mass is 9.81. The molecule has 1 aliphatic heterocycles. The maximum absolute atomic E-state index is 13.1. The molecule has 1 saturated carbocycles. The topological polar surface area (TPSA) is 94.6 Å². The Kier molecular flexibility index (Phi) is 7.09. The van der Waals surface area contributed by atoms with Gasteiger partial charge in [0.05, 0.1) is 11.7 Å². The third-order valence-corrected chi connectivity index (χ3v) is 7.51. The molecule has 0 unspecified atom stereocenters. The number of benzene rings is 1. The highest BCUT2D eigenvalue weighted by Crippen LogP contribution is 2.28. The molecule has 9 heteroatoms. The smallest absolute Gasteiger partial charge is 0.280 e. The number of amides is 3. The molecular formula is C24H31N5O3S. The number of aromatic nitrogens is 1. The molecule has 2 N–H and O–H groups in total. The molecule has 1 aromatic heterocycles. The Labute approximate surface area is 198 Å². The molecule has 4 rings (SSSR count). The number of carbonyl (C=O) groups excluding carboxylic acids is 3. The maximum Gasteiger partial charge on any atom is 0.280 e. The molecule has 1 aromatic carbocycles. The molecular weight excluding hydrogens is 438 g/mol. The Hall–Kier alpha value is -2.78. The van der Waals surface area contributed by atoms with Crippen LogP contribution in [0.4, 0.5) is 0 Å². The summed E-state index contributed by atoms with van der Waals surface area (Å²) < 4.78 is 0. The first-order valence-electron chi connectivity index (χ1n) is 11.4. The predicted octanol–water partition coefficient (Wildman–Crippen LogP) is 1.92. The zero-order valence-corrected chi connectivity index (χ0v) is 20.2. The molecule has 1 fully saturated rings. The van der Waals surface area contributed by atoms with Gasteiger partial charge < -0.3 is 20.4 Å². The summed E-state index contributed by atoms with van der Waals surface area (Å²) in [6.07, 6.45) is 2.61. The quantitative estimate of drug-likeness (QED) is 0.698. The van der Waals surface area contributed by atoms with Gasteiger partial charge >= 0.3 is 0 Å². The number of rotatable bonds is 5. The third kappa shape index (κ3) is 5.42. The minimum absolute atomic E-state index is 0.0508. The number of hydrogen-bond acceptors (Lipinski definition) is 6. The van der Waals surface area contributed by atoms with E-state index < -0.39 is 0 Å². The highest BCUT2D eigenvalue weighted by molar-refractivity contribution is 7.13. The zero-order valence-electron chi connectivity index (χ0n) is 19.3. The largest absolute Gasteiger partial charge is 0.349 e. The van der Waals surface area contributed by atoms with Crippen molar-refractivity contribution in [3.63, 3.8) is 0 Å². The summed E-state index contributed by atoms with van der Waals surface area (Å²) in [6, 6.07) is 8.43. The molecule has 0 spiro atoms. The fourth-order valence-electron chi connectivity index (χ4n) is 4.58. The van der Waals surface area contributed by atoms with Gasteiger partial charge in [0.15, 0.2) is 5.01 Å². The SMILES string of the molecule is CN1CCc2nc(C(=O)N[C@@H]3C[C@@H](C(=O)N(C)C)CC[C@@H]3NC(=O)c3ccccc3)sc2C1. The Bertz CT molecular complexity index is 1020. The molecule has 176 valence electrons. The van der Waals surface area contributed by atoms with Crippen LogP contribution in [0.1, 0.15) is 50.0 Å². The normalized spacial score (nSPS) is 22.8. The molecule has 2 aromatic rings. The summed E-state index contributed by atoms with van der Waals surface area (Å²) in [4.78, 5) is 48.1. The van der Waals surface area contributed by atoms with Crippen LogP contribution in [0.25, 0.3) is 0 Å². The number of thiazole rings is 1. The Balaban J connectivity index is 1.50. The van der Waals surface area contributed by atoms with Gasteiger partial charge in [-0.1, -0.05) is 18.2 Å². The van der Waals surface area contributed by atoms with Gasteiger partial charge in [-0.25, -0.2) is 4.98 Å². The minimum atomic E-state index is -0.351. The van der Waals surface area contributed by atoms with Crippen LogP contribution in [0.15, 0.2) is 30.3 Å². The zero-order chi connectivity index (χ0) is 23.5. The van der Waals surface area contributed by atoms with E-state index in [0.29, 0.717) is 29.8 Å². The van der Waals surface area contributed by atoms with Crippen molar-refractivity contribution in [1.82, 2.24) is 25.4 Å². The first-order chi connectivity index (χ1) is 15.8. The van der Waals surface area contributed by atoms with E-state index in [0.717, 1.165) is 30.1 Å². The fraction of sp³-hybridized carbons (Fsp3) is 0.500. The molecule has 8 nitrogen and oxygen atoms in total. The number of nitrogens with one attached hydrogen (secondary N) is 2. The number of fused-ring (bicyclic) bond motifs is 1. The molecule has 3 atom stereocenters. The van der Waals surface area contributed by atoms with Crippen LogP contribution in [0.5, 0.6) is 0 Å². The second-order valence-electron chi connectivity index (χ2n) is 9.15. The molecule has 3 amide bonds. The lowest BCUT2D eigenvalue weighted by Gasteiger charge is -2.37. The van der Waals surface area contributed by atoms with Crippen LogP contribution >= 0.6 is 11.3 Å². The van der Waals surface area contributed by atoms with E-state index in [1.807, 2.05) is 18.2 Å². The van der Waals surface area contributed by atoms with Gasteiger partial charge in [0.2, 0.25) is 5.91 Å². The van der Waals surface area contributed by atoms with Crippen molar-refractivity contribution in [3.05, 3.63) is 51.5 Å². The summed E-state index contributed by atoms with van der Waals surface area (Å²) in [6.45, 7) is 1.74. The summed E-state index contributed by atoms with van der Waals surface area (Å²) in [5, 5.41) is 6.63. The highest BCUT2D eigenvalue weighted by atomic mass is 32.1. The van der Waals surface area contributed by atoms with Crippen LogP contribution in [0.3, 0.4) is 0 Å². The Morgan fingerprint density at radius 3 is 2.52 bits per heavy atom. The lowest BCUT2D eigenvalue weighted by molar-refractivity contribution is -0.134. The summed E-state index contributed by atoms with van der Waals surface area (Å²) >= 11 is 1.43. The lowest BCUT2D eigenvalue weighted by Crippen LogP contribution is -2.55. The van der Waals surface area contributed by atoms with Crippen molar-refractivity contribution in [2.75, 3.05) is 27.7 Å². The van der Waals surface area contributed by atoms with E-state index in [2.05, 4.69) is 27.6 Å². The average molecular weight is 470 g/mol. The number of carbonyl (C=O) groups is 3. The van der Waals surface area contributed by atoms with Gasteiger partial charge in [0.25, 0.3) is 11.8 Å². The third-order valence-electron chi connectivity index (χ3n) is 6.43. The number of hydrogen-bond donors (Lipinski definition) is 2. The van der Waals surface area contributed by atoms with Gasteiger partial charge in [-0.05, 0) is 38.4 Å². The van der Waals surface area contributed by atoms with Crippen molar-refractivity contribution < 1.29 is 14.4 Å². The van der Waals surface area contributed by atoms with E-state index in [4.69, 9.17) is 0 Å². The van der Waals surface area contributed by atoms with Crippen LogP contribution in [0.2, 0.25) is 0 Å². The highest BCUT2D eigenvalue weighted by Gasteiger charge is 2.37. The van der Waals surface area contributed by atoms with Crippen LogP contribution in [0, 0.1) is 5.92 Å². The van der Waals surface area contributed by atoms with Crippen molar-refractivity contribution in [2.24, 2.45) is 5.92 Å². The minimum Gasteiger partial charge on any atom is -0.349 e. The standard InChI is InChI=1S/C24H31N5O3S/c1-28(2)24(32)16-9-10-17(25-21(30)15-7-5-4-6-8-15)19(13-16)26-22(31)23-27-18-11-12-29(3)14-20(18)33-23/h4-8,16-17,19H,9-14H2,1-3H3,(H,25,30)(H,26,31)/t16-,17-,19+/m0/s1. The number of nitrogens with zero attached hydrogens (tertiary/aromatic N) is 3. The van der Waals surface area contributed by atoms with Gasteiger partial charge in [0.1, 0.15) is 0 Å². The first kappa shape index (κ1) is 23.4. The van der Waals surface area contributed by atoms with Gasteiger partial charge in [-0.2, -0.15) is 0 Å². The maximum atomic E-state index is 13.1. The Morgan fingerprint density at radius 2 is 1.79 bits per heavy atom. The monoisotopic (exact) mass is 469 g/mol. The van der Waals surface area contributed by atoms with E-state index in [1.54, 1.807) is 31.1 Å². The van der Waals surface area contributed by atoms with E-state index in [1.165, 1.54) is 11.3 Å². The van der Waals surface area contributed by atoms with Crippen molar-refractivity contribution >= 4 is 29.1 Å². The predicted molar refractivity (Wildman–Crippen MR) is 127 cm³/mol. The Morgan fingerprint density at radius 1 is 1.06 bits per heavy atom.